The number of non-ortho nitro benzene ring substituents is 1. The van der Waals surface area contributed by atoms with Crippen LogP contribution >= 0.6 is 12.4 Å². The van der Waals surface area contributed by atoms with Crippen molar-refractivity contribution < 1.29 is 9.66 Å². The lowest BCUT2D eigenvalue weighted by Gasteiger charge is -2.13. The number of ether oxygens (including phenoxy) is 1. The largest absolute Gasteiger partial charge is 0.489 e. The van der Waals surface area contributed by atoms with E-state index in [2.05, 4.69) is 16.7 Å². The first kappa shape index (κ1) is 22.2. The second kappa shape index (κ2) is 11.7. The molecule has 0 atom stereocenters. The van der Waals surface area contributed by atoms with E-state index in [1.807, 2.05) is 48.5 Å². The fourth-order valence-corrected chi connectivity index (χ4v) is 2.75. The topological polar surface area (TPSA) is 76.4 Å². The molecular weight excluding hydrogens is 390 g/mol. The highest BCUT2D eigenvalue weighted by Gasteiger charge is 2.04. The third-order valence-electron chi connectivity index (χ3n) is 4.23. The van der Waals surface area contributed by atoms with Crippen LogP contribution in [0.4, 0.5) is 11.4 Å². The molecule has 152 valence electrons. The molecule has 3 rings (SSSR count). The highest BCUT2D eigenvalue weighted by Crippen LogP contribution is 2.19. The van der Waals surface area contributed by atoms with E-state index in [1.165, 1.54) is 12.1 Å². The van der Waals surface area contributed by atoms with Gasteiger partial charge in [-0.2, -0.15) is 0 Å². The van der Waals surface area contributed by atoms with Crippen molar-refractivity contribution in [3.8, 4) is 5.75 Å². The molecule has 0 bridgehead atoms. The number of hydrogen-bond donors (Lipinski definition) is 2. The van der Waals surface area contributed by atoms with Crippen LogP contribution in [-0.4, -0.2) is 18.0 Å². The van der Waals surface area contributed by atoms with Crippen LogP contribution < -0.4 is 15.4 Å². The van der Waals surface area contributed by atoms with Crippen molar-refractivity contribution in [1.82, 2.24) is 5.32 Å². The Hall–Kier alpha value is -3.09. The molecule has 0 unspecified atom stereocenters. The van der Waals surface area contributed by atoms with Gasteiger partial charge in [0.15, 0.2) is 0 Å². The number of para-hydroxylation sites is 1. The summed E-state index contributed by atoms with van der Waals surface area (Å²) in [5.41, 5.74) is 3.20. The lowest BCUT2D eigenvalue weighted by molar-refractivity contribution is -0.384. The molecule has 0 aromatic heterocycles. The fourth-order valence-electron chi connectivity index (χ4n) is 2.75. The molecule has 0 saturated heterocycles. The lowest BCUT2D eigenvalue weighted by Crippen LogP contribution is -2.22. The molecule has 0 amide bonds. The zero-order valence-corrected chi connectivity index (χ0v) is 16.7. The SMILES string of the molecule is Cl.O=[N+]([O-])c1ccc(NCCNCc2ccccc2OCc2ccccc2)cc1. The van der Waals surface area contributed by atoms with Crippen molar-refractivity contribution in [1.29, 1.82) is 0 Å². The van der Waals surface area contributed by atoms with E-state index in [0.717, 1.165) is 29.1 Å². The number of halogens is 1. The standard InChI is InChI=1S/C22H23N3O3.ClH/c26-25(27)21-12-10-20(11-13-21)24-15-14-23-16-19-8-4-5-9-22(19)28-17-18-6-2-1-3-7-18;/h1-13,23-24H,14-17H2;1H. The van der Waals surface area contributed by atoms with Crippen LogP contribution in [0.1, 0.15) is 11.1 Å². The number of anilines is 1. The van der Waals surface area contributed by atoms with Gasteiger partial charge in [-0.05, 0) is 23.8 Å². The Morgan fingerprint density at radius 2 is 1.55 bits per heavy atom. The van der Waals surface area contributed by atoms with Gasteiger partial charge in [0.1, 0.15) is 12.4 Å². The van der Waals surface area contributed by atoms with Gasteiger partial charge in [-0.3, -0.25) is 10.1 Å². The van der Waals surface area contributed by atoms with E-state index in [0.29, 0.717) is 19.7 Å². The van der Waals surface area contributed by atoms with E-state index in [1.54, 1.807) is 12.1 Å². The maximum Gasteiger partial charge on any atom is 0.269 e. The van der Waals surface area contributed by atoms with Crippen LogP contribution in [0.3, 0.4) is 0 Å². The smallest absolute Gasteiger partial charge is 0.269 e. The van der Waals surface area contributed by atoms with Crippen LogP contribution in [0.15, 0.2) is 78.9 Å². The second-order valence-electron chi connectivity index (χ2n) is 6.29. The monoisotopic (exact) mass is 413 g/mol. The average molecular weight is 414 g/mol. The number of nitrogens with one attached hydrogen (secondary N) is 2. The number of nitro groups is 1. The number of hydrogen-bond acceptors (Lipinski definition) is 5. The molecule has 0 spiro atoms. The zero-order valence-electron chi connectivity index (χ0n) is 15.9. The van der Waals surface area contributed by atoms with Crippen LogP contribution in [0.25, 0.3) is 0 Å². The van der Waals surface area contributed by atoms with Crippen molar-refractivity contribution in [3.05, 3.63) is 100 Å². The zero-order chi connectivity index (χ0) is 19.6. The summed E-state index contributed by atoms with van der Waals surface area (Å²) in [6.07, 6.45) is 0. The highest BCUT2D eigenvalue weighted by atomic mass is 35.5. The van der Waals surface area contributed by atoms with Gasteiger partial charge < -0.3 is 15.4 Å². The number of nitrogens with zero attached hydrogens (tertiary/aromatic N) is 1. The predicted molar refractivity (Wildman–Crippen MR) is 118 cm³/mol. The van der Waals surface area contributed by atoms with Gasteiger partial charge >= 0.3 is 0 Å². The number of nitro benzene ring substituents is 1. The minimum absolute atomic E-state index is 0. The van der Waals surface area contributed by atoms with E-state index < -0.39 is 4.92 Å². The predicted octanol–water partition coefficient (Wildman–Crippen LogP) is 4.80. The maximum absolute atomic E-state index is 10.7. The van der Waals surface area contributed by atoms with E-state index in [-0.39, 0.29) is 18.1 Å². The Morgan fingerprint density at radius 3 is 2.28 bits per heavy atom. The average Bonchev–Trinajstić information content (AvgIpc) is 2.74. The Bertz CT molecular complexity index is 889. The first-order valence-electron chi connectivity index (χ1n) is 9.16. The number of rotatable bonds is 10. The molecule has 6 nitrogen and oxygen atoms in total. The van der Waals surface area contributed by atoms with E-state index in [4.69, 9.17) is 4.74 Å². The summed E-state index contributed by atoms with van der Waals surface area (Å²) in [5, 5.41) is 17.3. The summed E-state index contributed by atoms with van der Waals surface area (Å²) < 4.78 is 5.97. The highest BCUT2D eigenvalue weighted by molar-refractivity contribution is 5.85. The molecule has 0 aliphatic heterocycles. The molecule has 0 radical (unpaired) electrons. The van der Waals surface area contributed by atoms with Crippen molar-refractivity contribution in [3.63, 3.8) is 0 Å². The summed E-state index contributed by atoms with van der Waals surface area (Å²) >= 11 is 0. The van der Waals surface area contributed by atoms with Crippen LogP contribution in [0.2, 0.25) is 0 Å². The van der Waals surface area contributed by atoms with Gasteiger partial charge in [-0.1, -0.05) is 48.5 Å². The first-order valence-corrected chi connectivity index (χ1v) is 9.16. The molecule has 3 aromatic carbocycles. The van der Waals surface area contributed by atoms with Crippen molar-refractivity contribution in [2.45, 2.75) is 13.2 Å². The third kappa shape index (κ3) is 7.10. The van der Waals surface area contributed by atoms with Crippen LogP contribution in [0, 0.1) is 10.1 Å². The number of benzene rings is 3. The van der Waals surface area contributed by atoms with Crippen molar-refractivity contribution >= 4 is 23.8 Å². The minimum atomic E-state index is -0.400. The van der Waals surface area contributed by atoms with Gasteiger partial charge in [0.25, 0.3) is 5.69 Å². The van der Waals surface area contributed by atoms with Crippen LogP contribution in [0.5, 0.6) is 5.75 Å². The summed E-state index contributed by atoms with van der Waals surface area (Å²) in [5.74, 6) is 0.877. The molecule has 29 heavy (non-hydrogen) atoms. The molecule has 0 heterocycles. The van der Waals surface area contributed by atoms with E-state index >= 15 is 0 Å². The molecule has 3 aromatic rings. The fraction of sp³-hybridized carbons (Fsp3) is 0.182. The molecule has 0 aliphatic carbocycles. The quantitative estimate of drug-likeness (QED) is 0.283. The van der Waals surface area contributed by atoms with Crippen molar-refractivity contribution in [2.75, 3.05) is 18.4 Å². The third-order valence-corrected chi connectivity index (χ3v) is 4.23. The summed E-state index contributed by atoms with van der Waals surface area (Å²) in [7, 11) is 0. The van der Waals surface area contributed by atoms with E-state index in [9.17, 15) is 10.1 Å². The Morgan fingerprint density at radius 1 is 0.862 bits per heavy atom. The van der Waals surface area contributed by atoms with Crippen LogP contribution in [-0.2, 0) is 13.2 Å². The summed E-state index contributed by atoms with van der Waals surface area (Å²) in [6.45, 7) is 2.71. The lowest BCUT2D eigenvalue weighted by atomic mass is 10.2. The molecule has 0 aliphatic rings. The van der Waals surface area contributed by atoms with Gasteiger partial charge in [-0.25, -0.2) is 0 Å². The second-order valence-corrected chi connectivity index (χ2v) is 6.29. The van der Waals surface area contributed by atoms with Gasteiger partial charge in [0, 0.05) is 43.0 Å². The molecule has 2 N–H and O–H groups in total. The van der Waals surface area contributed by atoms with Gasteiger partial charge in [0.05, 0.1) is 4.92 Å². The van der Waals surface area contributed by atoms with Gasteiger partial charge in [0.2, 0.25) is 0 Å². The molecule has 0 saturated carbocycles. The van der Waals surface area contributed by atoms with Gasteiger partial charge in [-0.15, -0.1) is 12.4 Å². The first-order chi connectivity index (χ1) is 13.7. The Labute approximate surface area is 176 Å². The Kier molecular flexibility index (Phi) is 8.95. The Balaban J connectivity index is 0.00000300. The summed E-state index contributed by atoms with van der Waals surface area (Å²) in [6, 6.07) is 24.5. The minimum Gasteiger partial charge on any atom is -0.489 e. The summed E-state index contributed by atoms with van der Waals surface area (Å²) in [4.78, 5) is 10.3. The molecule has 7 heteroatoms. The molecule has 0 fully saturated rings. The van der Waals surface area contributed by atoms with Crippen molar-refractivity contribution in [2.24, 2.45) is 0 Å². The molecular formula is C22H24ClN3O3. The maximum atomic E-state index is 10.7. The normalized spacial score (nSPS) is 10.1.